The molecule has 0 aromatic carbocycles. The maximum Gasteiger partial charge on any atom is 0.272 e. The van der Waals surface area contributed by atoms with Crippen molar-refractivity contribution >= 4 is 17.5 Å². The van der Waals surface area contributed by atoms with Crippen LogP contribution in [0.1, 0.15) is 55.1 Å². The van der Waals surface area contributed by atoms with Crippen molar-refractivity contribution < 1.29 is 4.79 Å². The van der Waals surface area contributed by atoms with Gasteiger partial charge in [0, 0.05) is 24.7 Å². The van der Waals surface area contributed by atoms with Crippen LogP contribution in [0.25, 0.3) is 0 Å². The second-order valence-electron chi connectivity index (χ2n) is 7.05. The number of rotatable bonds is 3. The van der Waals surface area contributed by atoms with Crippen molar-refractivity contribution in [3.63, 3.8) is 0 Å². The highest BCUT2D eigenvalue weighted by atomic mass is 35.5. The third-order valence-electron chi connectivity index (χ3n) is 5.72. The van der Waals surface area contributed by atoms with E-state index < -0.39 is 0 Å². The van der Waals surface area contributed by atoms with Gasteiger partial charge in [-0.1, -0.05) is 24.9 Å². The standard InChI is InChI=1S/C18H27ClN4O/c1-3-14-4-8-22(9-5-14)15-6-10-23(11-7-15)18(24)16-13(2)17(19)21-12-20-16/h12,14-15H,3-11H2,1-2H3. The van der Waals surface area contributed by atoms with Gasteiger partial charge in [-0.25, -0.2) is 9.97 Å². The van der Waals surface area contributed by atoms with Gasteiger partial charge in [-0.3, -0.25) is 4.79 Å². The van der Waals surface area contributed by atoms with E-state index in [0.717, 1.165) is 31.8 Å². The van der Waals surface area contributed by atoms with Crippen LogP contribution in [0, 0.1) is 12.8 Å². The van der Waals surface area contributed by atoms with Gasteiger partial charge < -0.3 is 9.80 Å². The highest BCUT2D eigenvalue weighted by Gasteiger charge is 2.30. The number of likely N-dealkylation sites (tertiary alicyclic amines) is 2. The fourth-order valence-corrected chi connectivity index (χ4v) is 4.09. The molecule has 1 amide bonds. The van der Waals surface area contributed by atoms with Crippen LogP contribution in [-0.4, -0.2) is 57.9 Å². The molecule has 3 rings (SSSR count). The first kappa shape index (κ1) is 17.6. The molecule has 0 bridgehead atoms. The summed E-state index contributed by atoms with van der Waals surface area (Å²) in [5, 5.41) is 0.363. The lowest BCUT2D eigenvalue weighted by Gasteiger charge is -2.41. The Hall–Kier alpha value is -1.20. The summed E-state index contributed by atoms with van der Waals surface area (Å²) in [7, 11) is 0. The molecule has 6 heteroatoms. The fourth-order valence-electron chi connectivity index (χ4n) is 3.95. The van der Waals surface area contributed by atoms with Crippen LogP contribution < -0.4 is 0 Å². The van der Waals surface area contributed by atoms with Gasteiger partial charge in [0.05, 0.1) is 0 Å². The second-order valence-corrected chi connectivity index (χ2v) is 7.41. The van der Waals surface area contributed by atoms with Crippen LogP contribution >= 0.6 is 11.6 Å². The smallest absolute Gasteiger partial charge is 0.272 e. The number of hydrogen-bond acceptors (Lipinski definition) is 4. The van der Waals surface area contributed by atoms with Crippen LogP contribution in [0.4, 0.5) is 0 Å². The van der Waals surface area contributed by atoms with E-state index in [1.54, 1.807) is 6.92 Å². The molecule has 2 saturated heterocycles. The normalized spacial score (nSPS) is 21.2. The Bertz CT molecular complexity index is 578. The van der Waals surface area contributed by atoms with Crippen LogP contribution in [0.2, 0.25) is 5.15 Å². The Morgan fingerprint density at radius 1 is 1.17 bits per heavy atom. The molecule has 0 N–H and O–H groups in total. The van der Waals surface area contributed by atoms with Gasteiger partial charge in [0.2, 0.25) is 0 Å². The number of piperidine rings is 2. The SMILES string of the molecule is CCC1CCN(C2CCN(C(=O)c3ncnc(Cl)c3C)CC2)CC1. The van der Waals surface area contributed by atoms with Crippen molar-refractivity contribution in [3.05, 3.63) is 22.7 Å². The molecule has 3 heterocycles. The van der Waals surface area contributed by atoms with E-state index in [1.165, 1.54) is 38.7 Å². The zero-order chi connectivity index (χ0) is 17.1. The van der Waals surface area contributed by atoms with Crippen molar-refractivity contribution in [1.82, 2.24) is 19.8 Å². The molecular weight excluding hydrogens is 324 g/mol. The van der Waals surface area contributed by atoms with Crippen LogP contribution in [0.15, 0.2) is 6.33 Å². The summed E-state index contributed by atoms with van der Waals surface area (Å²) in [4.78, 5) is 25.3. The van der Waals surface area contributed by atoms with E-state index in [1.807, 2.05) is 4.90 Å². The number of amides is 1. The highest BCUT2D eigenvalue weighted by molar-refractivity contribution is 6.30. The molecule has 0 saturated carbocycles. The summed E-state index contributed by atoms with van der Waals surface area (Å²) in [5.74, 6) is 0.897. The van der Waals surface area contributed by atoms with Gasteiger partial charge in [-0.05, 0) is 51.6 Å². The molecule has 0 spiro atoms. The van der Waals surface area contributed by atoms with Gasteiger partial charge in [0.25, 0.3) is 5.91 Å². The van der Waals surface area contributed by atoms with Gasteiger partial charge in [-0.15, -0.1) is 0 Å². The lowest BCUT2D eigenvalue weighted by atomic mass is 9.92. The molecule has 2 aliphatic rings. The first-order chi connectivity index (χ1) is 11.6. The minimum absolute atomic E-state index is 0.0139. The summed E-state index contributed by atoms with van der Waals surface area (Å²) in [5.41, 5.74) is 1.12. The topological polar surface area (TPSA) is 49.3 Å². The third kappa shape index (κ3) is 3.72. The molecule has 24 heavy (non-hydrogen) atoms. The quantitative estimate of drug-likeness (QED) is 0.786. The zero-order valence-corrected chi connectivity index (χ0v) is 15.4. The minimum Gasteiger partial charge on any atom is -0.337 e. The Balaban J connectivity index is 1.55. The Morgan fingerprint density at radius 3 is 2.46 bits per heavy atom. The number of halogens is 1. The molecule has 2 fully saturated rings. The van der Waals surface area contributed by atoms with E-state index in [0.29, 0.717) is 22.5 Å². The molecule has 1 aromatic rings. The molecule has 2 aliphatic heterocycles. The predicted octanol–water partition coefficient (Wildman–Crippen LogP) is 3.17. The summed E-state index contributed by atoms with van der Waals surface area (Å²) in [6.07, 6.45) is 7.44. The first-order valence-electron chi connectivity index (χ1n) is 9.10. The van der Waals surface area contributed by atoms with Crippen molar-refractivity contribution in [2.75, 3.05) is 26.2 Å². The van der Waals surface area contributed by atoms with E-state index in [-0.39, 0.29) is 5.91 Å². The third-order valence-corrected chi connectivity index (χ3v) is 6.10. The lowest BCUT2D eigenvalue weighted by Crippen LogP contribution is -2.49. The van der Waals surface area contributed by atoms with Crippen LogP contribution in [0.3, 0.4) is 0 Å². The number of carbonyl (C=O) groups excluding carboxylic acids is 1. The molecular formula is C18H27ClN4O. The van der Waals surface area contributed by atoms with Gasteiger partial charge >= 0.3 is 0 Å². The maximum atomic E-state index is 12.7. The average molecular weight is 351 g/mol. The zero-order valence-electron chi connectivity index (χ0n) is 14.7. The average Bonchev–Trinajstić information content (AvgIpc) is 2.64. The monoisotopic (exact) mass is 350 g/mol. The first-order valence-corrected chi connectivity index (χ1v) is 9.48. The van der Waals surface area contributed by atoms with Crippen LogP contribution in [-0.2, 0) is 0 Å². The lowest BCUT2D eigenvalue weighted by molar-refractivity contribution is 0.0544. The van der Waals surface area contributed by atoms with Gasteiger partial charge in [0.1, 0.15) is 17.2 Å². The van der Waals surface area contributed by atoms with Crippen molar-refractivity contribution in [2.24, 2.45) is 5.92 Å². The molecule has 0 radical (unpaired) electrons. The Labute approximate surface area is 149 Å². The van der Waals surface area contributed by atoms with Crippen molar-refractivity contribution in [3.8, 4) is 0 Å². The van der Waals surface area contributed by atoms with E-state index >= 15 is 0 Å². The number of hydrogen-bond donors (Lipinski definition) is 0. The number of carbonyl (C=O) groups is 1. The maximum absolute atomic E-state index is 12.7. The van der Waals surface area contributed by atoms with E-state index in [4.69, 9.17) is 11.6 Å². The molecule has 0 atom stereocenters. The van der Waals surface area contributed by atoms with Gasteiger partial charge in [-0.2, -0.15) is 0 Å². The van der Waals surface area contributed by atoms with Crippen molar-refractivity contribution in [1.29, 1.82) is 0 Å². The highest BCUT2D eigenvalue weighted by Crippen LogP contribution is 2.26. The molecule has 0 unspecified atom stereocenters. The Kier molecular flexibility index (Phi) is 5.72. The molecule has 5 nitrogen and oxygen atoms in total. The fraction of sp³-hybridized carbons (Fsp3) is 0.722. The summed E-state index contributed by atoms with van der Waals surface area (Å²) in [6.45, 7) is 8.15. The van der Waals surface area contributed by atoms with Crippen LogP contribution in [0.5, 0.6) is 0 Å². The number of aromatic nitrogens is 2. The minimum atomic E-state index is -0.0139. The van der Waals surface area contributed by atoms with E-state index in [2.05, 4.69) is 21.8 Å². The summed E-state index contributed by atoms with van der Waals surface area (Å²) >= 11 is 6.02. The number of nitrogens with zero attached hydrogens (tertiary/aromatic N) is 4. The molecule has 132 valence electrons. The Morgan fingerprint density at radius 2 is 1.83 bits per heavy atom. The predicted molar refractivity (Wildman–Crippen MR) is 95.3 cm³/mol. The second kappa shape index (κ2) is 7.79. The molecule has 0 aliphatic carbocycles. The summed E-state index contributed by atoms with van der Waals surface area (Å²) in [6, 6.07) is 0.627. The molecule has 1 aromatic heterocycles. The largest absolute Gasteiger partial charge is 0.337 e. The van der Waals surface area contributed by atoms with Gasteiger partial charge in [0.15, 0.2) is 0 Å². The summed E-state index contributed by atoms with van der Waals surface area (Å²) < 4.78 is 0. The van der Waals surface area contributed by atoms with E-state index in [9.17, 15) is 4.79 Å². The van der Waals surface area contributed by atoms with Crippen molar-refractivity contribution in [2.45, 2.75) is 52.0 Å².